The Balaban J connectivity index is 2.31. The molecule has 90 valence electrons. The molecule has 3 atom stereocenters. The first-order valence-corrected chi connectivity index (χ1v) is 4.92. The van der Waals surface area contributed by atoms with E-state index in [0.717, 1.165) is 0 Å². The number of nitriles is 1. The highest BCUT2D eigenvalue weighted by Crippen LogP contribution is 2.15. The van der Waals surface area contributed by atoms with Crippen LogP contribution in [0.4, 0.5) is 4.39 Å². The predicted octanol–water partition coefficient (Wildman–Crippen LogP) is -0.126. The van der Waals surface area contributed by atoms with Gasteiger partial charge in [-0.1, -0.05) is 0 Å². The van der Waals surface area contributed by atoms with Gasteiger partial charge < -0.3 is 5.11 Å². The number of halogens is 1. The smallest absolute Gasteiger partial charge is 0.367 e. The van der Waals surface area contributed by atoms with E-state index in [-0.39, 0.29) is 12.1 Å². The van der Waals surface area contributed by atoms with Crippen molar-refractivity contribution in [3.8, 4) is 6.07 Å². The second-order valence-electron chi connectivity index (χ2n) is 3.75. The first-order valence-electron chi connectivity index (χ1n) is 4.92. The topological polar surface area (TPSA) is 85.6 Å². The molecule has 0 radical (unpaired) electrons. The van der Waals surface area contributed by atoms with Crippen LogP contribution in [-0.4, -0.2) is 48.0 Å². The Bertz CT molecular complexity index is 294. The molecule has 0 saturated carbocycles. The van der Waals surface area contributed by atoms with Crippen LogP contribution in [0.2, 0.25) is 0 Å². The van der Waals surface area contributed by atoms with Crippen LogP contribution in [0.1, 0.15) is 12.8 Å². The molecule has 1 heterocycles. The van der Waals surface area contributed by atoms with Gasteiger partial charge in [-0.3, -0.25) is 9.74 Å². The summed E-state index contributed by atoms with van der Waals surface area (Å²) in [6.07, 6.45) is -1.06. The van der Waals surface area contributed by atoms with Gasteiger partial charge in [0.25, 0.3) is 0 Å². The second-order valence-corrected chi connectivity index (χ2v) is 3.75. The molecule has 0 aromatic heterocycles. The number of rotatable bonds is 4. The van der Waals surface area contributed by atoms with Gasteiger partial charge in [-0.15, -0.1) is 0 Å². The van der Waals surface area contributed by atoms with Crippen LogP contribution in [0.3, 0.4) is 0 Å². The fourth-order valence-electron chi connectivity index (χ4n) is 1.61. The molecule has 1 fully saturated rings. The average Bonchev–Trinajstić information content (AvgIpc) is 2.25. The zero-order valence-electron chi connectivity index (χ0n) is 8.89. The Labute approximate surface area is 92.5 Å². The van der Waals surface area contributed by atoms with E-state index in [2.05, 4.69) is 16.4 Å². The molecule has 1 aliphatic heterocycles. The normalized spacial score (nSPS) is 28.3. The third-order valence-electron chi connectivity index (χ3n) is 2.51. The number of alkyl halides is 1. The molecule has 0 aromatic rings. The first-order chi connectivity index (χ1) is 7.54. The number of hydrogen-bond acceptors (Lipinski definition) is 5. The Kier molecular flexibility index (Phi) is 4.61. The number of carboxylic acid groups (broad SMARTS) is 1. The SMILES string of the molecule is CN1C[C@H](NOC(F)C(=O)O)CC[C@H]1C#N. The molecule has 0 aromatic carbocycles. The largest absolute Gasteiger partial charge is 0.477 e. The molecule has 7 heteroatoms. The van der Waals surface area contributed by atoms with Gasteiger partial charge in [0, 0.05) is 12.6 Å². The molecule has 1 saturated heterocycles. The molecule has 1 aliphatic rings. The highest BCUT2D eigenvalue weighted by Gasteiger charge is 2.27. The summed E-state index contributed by atoms with van der Waals surface area (Å²) in [6.45, 7) is 0.518. The molecule has 2 N–H and O–H groups in total. The van der Waals surface area contributed by atoms with Crippen LogP contribution >= 0.6 is 0 Å². The Morgan fingerprint density at radius 1 is 1.75 bits per heavy atom. The minimum Gasteiger partial charge on any atom is -0.477 e. The van der Waals surface area contributed by atoms with Gasteiger partial charge in [0.1, 0.15) is 0 Å². The number of aliphatic carboxylic acids is 1. The van der Waals surface area contributed by atoms with Crippen molar-refractivity contribution in [1.29, 1.82) is 5.26 Å². The maximum Gasteiger partial charge on any atom is 0.367 e. The van der Waals surface area contributed by atoms with Crippen molar-refractivity contribution in [2.24, 2.45) is 0 Å². The van der Waals surface area contributed by atoms with Gasteiger partial charge in [-0.2, -0.15) is 10.7 Å². The molecule has 16 heavy (non-hydrogen) atoms. The number of hydroxylamine groups is 1. The fourth-order valence-corrected chi connectivity index (χ4v) is 1.61. The Morgan fingerprint density at radius 2 is 2.44 bits per heavy atom. The lowest BCUT2D eigenvalue weighted by Gasteiger charge is -2.33. The molecule has 0 aliphatic carbocycles. The summed E-state index contributed by atoms with van der Waals surface area (Å²) in [7, 11) is 1.78. The third-order valence-corrected chi connectivity index (χ3v) is 2.51. The lowest BCUT2D eigenvalue weighted by atomic mass is 10.0. The van der Waals surface area contributed by atoms with Crippen molar-refractivity contribution in [1.82, 2.24) is 10.4 Å². The molecule has 1 rings (SSSR count). The van der Waals surface area contributed by atoms with E-state index in [9.17, 15) is 9.18 Å². The van der Waals surface area contributed by atoms with E-state index >= 15 is 0 Å². The van der Waals surface area contributed by atoms with Gasteiger partial charge in [0.15, 0.2) is 0 Å². The zero-order chi connectivity index (χ0) is 12.1. The van der Waals surface area contributed by atoms with Gasteiger partial charge in [0.05, 0.1) is 12.1 Å². The van der Waals surface area contributed by atoms with Crippen molar-refractivity contribution in [2.45, 2.75) is 31.3 Å². The quantitative estimate of drug-likeness (QED) is 0.656. The fraction of sp³-hybridized carbons (Fsp3) is 0.778. The molecule has 0 bridgehead atoms. The number of likely N-dealkylation sites (tertiary alicyclic amines) is 1. The standard InChI is InChI=1S/C9H14FN3O3/c1-13-5-6(2-3-7(13)4-11)12-16-8(10)9(14)15/h6-8,12H,2-3,5H2,1H3,(H,14,15)/t6-,7+,8?/m1/s1. The van der Waals surface area contributed by atoms with Crippen molar-refractivity contribution in [3.63, 3.8) is 0 Å². The van der Waals surface area contributed by atoms with Crippen LogP contribution in [-0.2, 0) is 9.63 Å². The highest BCUT2D eigenvalue weighted by molar-refractivity contribution is 5.70. The summed E-state index contributed by atoms with van der Waals surface area (Å²) in [5.74, 6) is -1.66. The summed E-state index contributed by atoms with van der Waals surface area (Å²) < 4.78 is 12.6. The Hall–Kier alpha value is -1.23. The van der Waals surface area contributed by atoms with Gasteiger partial charge in [-0.25, -0.2) is 9.18 Å². The second kappa shape index (κ2) is 5.75. The molecular weight excluding hydrogens is 217 g/mol. The highest BCUT2D eigenvalue weighted by atomic mass is 19.1. The van der Waals surface area contributed by atoms with Crippen molar-refractivity contribution in [2.75, 3.05) is 13.6 Å². The number of piperidine rings is 1. The maximum absolute atomic E-state index is 12.6. The summed E-state index contributed by atoms with van der Waals surface area (Å²) in [5, 5.41) is 17.0. The van der Waals surface area contributed by atoms with Crippen molar-refractivity contribution < 1.29 is 19.1 Å². The van der Waals surface area contributed by atoms with Crippen LogP contribution in [0, 0.1) is 11.3 Å². The van der Waals surface area contributed by atoms with Gasteiger partial charge >= 0.3 is 12.3 Å². The number of likely N-dealkylation sites (N-methyl/N-ethyl adjacent to an activating group) is 1. The van der Waals surface area contributed by atoms with E-state index in [0.29, 0.717) is 19.4 Å². The molecule has 1 unspecified atom stereocenters. The summed E-state index contributed by atoms with van der Waals surface area (Å²) in [6, 6.07) is 1.85. The van der Waals surface area contributed by atoms with Crippen LogP contribution in [0.5, 0.6) is 0 Å². The summed E-state index contributed by atoms with van der Waals surface area (Å²) >= 11 is 0. The number of nitrogens with one attached hydrogen (secondary N) is 1. The van der Waals surface area contributed by atoms with Gasteiger partial charge in [-0.05, 0) is 19.9 Å². The van der Waals surface area contributed by atoms with Gasteiger partial charge in [0.2, 0.25) is 0 Å². The molecule has 0 spiro atoms. The summed E-state index contributed by atoms with van der Waals surface area (Å²) in [5.41, 5.74) is 2.37. The third kappa shape index (κ3) is 3.41. The molecule has 6 nitrogen and oxygen atoms in total. The van der Waals surface area contributed by atoms with E-state index in [4.69, 9.17) is 10.4 Å². The van der Waals surface area contributed by atoms with Crippen LogP contribution < -0.4 is 5.48 Å². The van der Waals surface area contributed by atoms with Crippen LogP contribution in [0.15, 0.2) is 0 Å². The minimum atomic E-state index is -2.36. The monoisotopic (exact) mass is 231 g/mol. The van der Waals surface area contributed by atoms with E-state index in [1.807, 2.05) is 4.90 Å². The number of carbonyl (C=O) groups is 1. The zero-order valence-corrected chi connectivity index (χ0v) is 8.89. The van der Waals surface area contributed by atoms with Crippen molar-refractivity contribution in [3.05, 3.63) is 0 Å². The lowest BCUT2D eigenvalue weighted by Crippen LogP contribution is -2.49. The van der Waals surface area contributed by atoms with E-state index in [1.165, 1.54) is 0 Å². The summed E-state index contributed by atoms with van der Waals surface area (Å²) in [4.78, 5) is 16.3. The Morgan fingerprint density at radius 3 is 2.94 bits per heavy atom. The van der Waals surface area contributed by atoms with Crippen LogP contribution in [0.25, 0.3) is 0 Å². The molecular formula is C9H14FN3O3. The maximum atomic E-state index is 12.6. The van der Waals surface area contributed by atoms with E-state index in [1.54, 1.807) is 7.05 Å². The average molecular weight is 231 g/mol. The van der Waals surface area contributed by atoms with E-state index < -0.39 is 12.3 Å². The molecule has 0 amide bonds. The van der Waals surface area contributed by atoms with Crippen molar-refractivity contribution >= 4 is 5.97 Å². The number of carboxylic acids is 1. The number of nitrogens with zero attached hydrogens (tertiary/aromatic N) is 2. The minimum absolute atomic E-state index is 0.140. The first kappa shape index (κ1) is 12.8. The lowest BCUT2D eigenvalue weighted by molar-refractivity contribution is -0.177. The predicted molar refractivity (Wildman–Crippen MR) is 51.8 cm³/mol. The number of hydrogen-bond donors (Lipinski definition) is 2.